The highest BCUT2D eigenvalue weighted by Crippen LogP contribution is 2.45. The normalized spacial score (nSPS) is 11.6. The van der Waals surface area contributed by atoms with Crippen LogP contribution in [0.25, 0.3) is 93.6 Å². The minimum atomic E-state index is 0.889. The molecule has 3 nitrogen and oxygen atoms in total. The molecule has 0 amide bonds. The Morgan fingerprint density at radius 1 is 0.328 bits per heavy atom. The second-order valence-electron chi connectivity index (χ2n) is 15.7. The van der Waals surface area contributed by atoms with E-state index < -0.39 is 0 Å². The molecule has 0 spiro atoms. The van der Waals surface area contributed by atoms with Gasteiger partial charge in [-0.25, -0.2) is 0 Å². The lowest BCUT2D eigenvalue weighted by Gasteiger charge is -2.28. The summed E-state index contributed by atoms with van der Waals surface area (Å²) >= 11 is 0. The van der Waals surface area contributed by atoms with E-state index in [2.05, 4.69) is 234 Å². The molecule has 0 atom stereocenters. The minimum absolute atomic E-state index is 0.889. The Bertz CT molecular complexity index is 3520. The molecule has 12 aromatic rings. The van der Waals surface area contributed by atoms with Crippen LogP contribution in [0.15, 0.2) is 235 Å². The average Bonchev–Trinajstić information content (AvgIpc) is 3.88. The number of furan rings is 1. The minimum Gasteiger partial charge on any atom is -0.455 e. The first-order chi connectivity index (χ1) is 30.3. The van der Waals surface area contributed by atoms with Gasteiger partial charge in [0.1, 0.15) is 11.2 Å². The Morgan fingerprint density at radius 2 is 0.820 bits per heavy atom. The van der Waals surface area contributed by atoms with E-state index in [0.717, 1.165) is 61.4 Å². The number of hydrogen-bond donors (Lipinski definition) is 0. The zero-order valence-corrected chi connectivity index (χ0v) is 33.2. The van der Waals surface area contributed by atoms with Crippen LogP contribution >= 0.6 is 0 Å². The third-order valence-corrected chi connectivity index (χ3v) is 12.2. The van der Waals surface area contributed by atoms with Crippen LogP contribution in [-0.2, 0) is 0 Å². The van der Waals surface area contributed by atoms with Crippen molar-refractivity contribution in [3.63, 3.8) is 0 Å². The van der Waals surface area contributed by atoms with Crippen molar-refractivity contribution in [1.82, 2.24) is 4.57 Å². The van der Waals surface area contributed by atoms with E-state index in [1.807, 2.05) is 6.07 Å². The third-order valence-electron chi connectivity index (χ3n) is 12.2. The van der Waals surface area contributed by atoms with Gasteiger partial charge in [0.2, 0.25) is 0 Å². The van der Waals surface area contributed by atoms with E-state index in [1.165, 1.54) is 49.3 Å². The molecule has 0 fully saturated rings. The first-order valence-electron chi connectivity index (χ1n) is 20.8. The van der Waals surface area contributed by atoms with Gasteiger partial charge in [-0.15, -0.1) is 0 Å². The highest BCUT2D eigenvalue weighted by molar-refractivity contribution is 6.11. The van der Waals surface area contributed by atoms with E-state index >= 15 is 0 Å². The Hall–Kier alpha value is -8.14. The molecule has 61 heavy (non-hydrogen) atoms. The SMILES string of the molecule is c1ccc(N(c2ccc(-c3ccc(-c4cccc5ccccc45)cc3)cc2)c2ccc(-n3c4ccccc4c4ccccc43)cc2)c(-c2cccc3c2oc2ccccc23)c1. The number of fused-ring (bicyclic) bond motifs is 7. The molecule has 0 bridgehead atoms. The molecule has 0 radical (unpaired) electrons. The molecule has 0 aliphatic heterocycles. The van der Waals surface area contributed by atoms with Crippen LogP contribution in [0, 0.1) is 0 Å². The van der Waals surface area contributed by atoms with Gasteiger partial charge >= 0.3 is 0 Å². The predicted octanol–water partition coefficient (Wildman–Crippen LogP) is 16.3. The fraction of sp³-hybridized carbons (Fsp3) is 0. The summed E-state index contributed by atoms with van der Waals surface area (Å²) in [5.41, 5.74) is 15.4. The van der Waals surface area contributed by atoms with E-state index in [-0.39, 0.29) is 0 Å². The van der Waals surface area contributed by atoms with Gasteiger partial charge in [-0.2, -0.15) is 0 Å². The summed E-state index contributed by atoms with van der Waals surface area (Å²) in [6.45, 7) is 0. The number of hydrogen-bond acceptors (Lipinski definition) is 2. The lowest BCUT2D eigenvalue weighted by atomic mass is 9.96. The van der Waals surface area contributed by atoms with E-state index in [1.54, 1.807) is 0 Å². The van der Waals surface area contributed by atoms with Gasteiger partial charge in [-0.05, 0) is 93.7 Å². The summed E-state index contributed by atoms with van der Waals surface area (Å²) in [4.78, 5) is 2.37. The zero-order valence-electron chi connectivity index (χ0n) is 33.2. The van der Waals surface area contributed by atoms with Gasteiger partial charge in [0.15, 0.2) is 0 Å². The van der Waals surface area contributed by atoms with E-state index in [4.69, 9.17) is 4.42 Å². The Balaban J connectivity index is 0.978. The van der Waals surface area contributed by atoms with E-state index in [0.29, 0.717) is 0 Å². The molecule has 3 heteroatoms. The van der Waals surface area contributed by atoms with Crippen LogP contribution in [0.5, 0.6) is 0 Å². The van der Waals surface area contributed by atoms with Crippen molar-refractivity contribution in [1.29, 1.82) is 0 Å². The summed E-state index contributed by atoms with van der Waals surface area (Å²) in [5, 5.41) is 7.25. The molecule has 0 aliphatic carbocycles. The van der Waals surface area contributed by atoms with Gasteiger partial charge in [0, 0.05) is 49.7 Å². The molecular weight excluding hydrogens is 741 g/mol. The summed E-state index contributed by atoms with van der Waals surface area (Å²) in [6.07, 6.45) is 0. The van der Waals surface area contributed by atoms with Crippen LogP contribution < -0.4 is 4.90 Å². The van der Waals surface area contributed by atoms with Crippen molar-refractivity contribution >= 4 is 71.6 Å². The summed E-state index contributed by atoms with van der Waals surface area (Å²) < 4.78 is 8.98. The molecule has 0 N–H and O–H groups in total. The highest BCUT2D eigenvalue weighted by Gasteiger charge is 2.21. The fourth-order valence-electron chi connectivity index (χ4n) is 9.36. The summed E-state index contributed by atoms with van der Waals surface area (Å²) in [6, 6.07) is 82.8. The predicted molar refractivity (Wildman–Crippen MR) is 257 cm³/mol. The molecule has 0 saturated carbocycles. The zero-order chi connectivity index (χ0) is 40.3. The second kappa shape index (κ2) is 14.3. The number of rotatable bonds is 7. The summed E-state index contributed by atoms with van der Waals surface area (Å²) in [7, 11) is 0. The quantitative estimate of drug-likeness (QED) is 0.161. The van der Waals surface area contributed by atoms with Crippen molar-refractivity contribution < 1.29 is 4.42 Å². The van der Waals surface area contributed by atoms with Crippen LogP contribution in [0.3, 0.4) is 0 Å². The summed E-state index contributed by atoms with van der Waals surface area (Å²) in [5.74, 6) is 0. The van der Waals surface area contributed by atoms with Crippen LogP contribution in [0.2, 0.25) is 0 Å². The molecule has 10 aromatic carbocycles. The van der Waals surface area contributed by atoms with Crippen molar-refractivity contribution in [3.8, 4) is 39.1 Å². The smallest absolute Gasteiger partial charge is 0.143 e. The molecule has 0 saturated heterocycles. The second-order valence-corrected chi connectivity index (χ2v) is 15.7. The fourth-order valence-corrected chi connectivity index (χ4v) is 9.36. The number of benzene rings is 10. The number of para-hydroxylation sites is 5. The molecule has 12 rings (SSSR count). The maximum absolute atomic E-state index is 6.61. The lowest BCUT2D eigenvalue weighted by Crippen LogP contribution is -2.11. The highest BCUT2D eigenvalue weighted by atomic mass is 16.3. The molecule has 0 aliphatic rings. The van der Waals surface area contributed by atoms with Gasteiger partial charge in [-0.1, -0.05) is 170 Å². The molecule has 286 valence electrons. The standard InChI is InChI=1S/C58H38N2O/c1-2-15-46-41(13-1)14-11-20-47(46)42-29-27-39(28-30-42)40-31-33-43(34-32-40)59(44-35-37-45(38-36-44)60-55-24-8-3-16-48(55)49-17-4-9-25-56(49)60)54-23-7-5-18-50(54)52-21-12-22-53-51-19-6-10-26-57(51)61-58(52)53/h1-38H. The number of aromatic nitrogens is 1. The Labute approximate surface area is 353 Å². The van der Waals surface area contributed by atoms with Crippen LogP contribution in [-0.4, -0.2) is 4.57 Å². The monoisotopic (exact) mass is 778 g/mol. The maximum atomic E-state index is 6.61. The van der Waals surface area contributed by atoms with Gasteiger partial charge < -0.3 is 13.9 Å². The van der Waals surface area contributed by atoms with Crippen molar-refractivity contribution in [2.45, 2.75) is 0 Å². The average molecular weight is 779 g/mol. The molecular formula is C58H38N2O. The van der Waals surface area contributed by atoms with E-state index in [9.17, 15) is 0 Å². The Morgan fingerprint density at radius 3 is 1.56 bits per heavy atom. The topological polar surface area (TPSA) is 21.3 Å². The van der Waals surface area contributed by atoms with Crippen LogP contribution in [0.4, 0.5) is 17.1 Å². The first-order valence-corrected chi connectivity index (χ1v) is 20.8. The van der Waals surface area contributed by atoms with Crippen LogP contribution in [0.1, 0.15) is 0 Å². The van der Waals surface area contributed by atoms with Gasteiger partial charge in [-0.3, -0.25) is 0 Å². The van der Waals surface area contributed by atoms with Crippen molar-refractivity contribution in [2.75, 3.05) is 4.90 Å². The third kappa shape index (κ3) is 5.82. The largest absolute Gasteiger partial charge is 0.455 e. The Kier molecular flexibility index (Phi) is 8.17. The molecule has 0 unspecified atom stereocenters. The van der Waals surface area contributed by atoms with Gasteiger partial charge in [0.05, 0.1) is 16.7 Å². The maximum Gasteiger partial charge on any atom is 0.143 e. The number of anilines is 3. The number of nitrogens with zero attached hydrogens (tertiary/aromatic N) is 2. The first kappa shape index (κ1) is 34.9. The van der Waals surface area contributed by atoms with Crippen molar-refractivity contribution in [2.24, 2.45) is 0 Å². The molecule has 2 aromatic heterocycles. The lowest BCUT2D eigenvalue weighted by molar-refractivity contribution is 0.670. The van der Waals surface area contributed by atoms with Gasteiger partial charge in [0.25, 0.3) is 0 Å². The molecule has 2 heterocycles. The van der Waals surface area contributed by atoms with Crippen molar-refractivity contribution in [3.05, 3.63) is 231 Å².